The SMILES string of the molecule is NN[I-]CN([O-])O. The maximum atomic E-state index is 9.61. The summed E-state index contributed by atoms with van der Waals surface area (Å²) in [6.45, 7) is 0. The molecular formula is CH6IN3O2-2. The number of hydroxylamine groups is 2. The van der Waals surface area contributed by atoms with E-state index in [9.17, 15) is 5.21 Å². The number of nitrogens with one attached hydrogen (secondary N) is 1. The fourth-order valence-electron chi connectivity index (χ4n) is 0.0856. The summed E-state index contributed by atoms with van der Waals surface area (Å²) < 4.78 is 2.41. The first kappa shape index (κ1) is 7.53. The molecule has 0 heterocycles. The first-order valence-corrected chi connectivity index (χ1v) is 4.05. The summed E-state index contributed by atoms with van der Waals surface area (Å²) >= 11 is -0.521. The van der Waals surface area contributed by atoms with Gasteiger partial charge in [0.25, 0.3) is 0 Å². The van der Waals surface area contributed by atoms with Crippen molar-refractivity contribution in [3.8, 4) is 0 Å². The van der Waals surface area contributed by atoms with Gasteiger partial charge in [-0.1, -0.05) is 0 Å². The van der Waals surface area contributed by atoms with Crippen molar-refractivity contribution in [2.45, 2.75) is 0 Å². The summed E-state index contributed by atoms with van der Waals surface area (Å²) in [4.78, 5) is 0. The van der Waals surface area contributed by atoms with Crippen LogP contribution in [0.25, 0.3) is 0 Å². The predicted octanol–water partition coefficient (Wildman–Crippen LogP) is -4.40. The van der Waals surface area contributed by atoms with Gasteiger partial charge in [0.05, 0.1) is 0 Å². The summed E-state index contributed by atoms with van der Waals surface area (Å²) in [7, 11) is 0. The van der Waals surface area contributed by atoms with E-state index in [0.717, 1.165) is 0 Å². The van der Waals surface area contributed by atoms with Gasteiger partial charge in [-0.25, -0.2) is 0 Å². The standard InChI is InChI=1S/CH6IN3O2/c3-4-2-1-5(6)7/h4,6H,1,3H2/q-2. The van der Waals surface area contributed by atoms with Gasteiger partial charge in [0.15, 0.2) is 0 Å². The van der Waals surface area contributed by atoms with E-state index in [-0.39, 0.29) is 9.78 Å². The number of hydrogen-bond donors (Lipinski definition) is 3. The van der Waals surface area contributed by atoms with E-state index in [1.54, 1.807) is 0 Å². The molecule has 0 aromatic carbocycles. The molecule has 5 nitrogen and oxygen atoms in total. The molecule has 0 aromatic heterocycles. The molecule has 0 aliphatic carbocycles. The molecule has 0 amide bonds. The quantitative estimate of drug-likeness (QED) is 0.111. The van der Waals surface area contributed by atoms with Gasteiger partial charge in [-0.15, -0.1) is 0 Å². The number of alkyl halides is 1. The van der Waals surface area contributed by atoms with E-state index in [0.29, 0.717) is 0 Å². The molecule has 0 aliphatic heterocycles. The van der Waals surface area contributed by atoms with Gasteiger partial charge in [0, 0.05) is 0 Å². The summed E-state index contributed by atoms with van der Waals surface area (Å²) in [6, 6.07) is 0. The van der Waals surface area contributed by atoms with Crippen LogP contribution in [0.5, 0.6) is 0 Å². The third kappa shape index (κ3) is 6.53. The van der Waals surface area contributed by atoms with E-state index < -0.39 is 21.5 Å². The normalized spacial score (nSPS) is 10.9. The summed E-state index contributed by atoms with van der Waals surface area (Å²) in [5.74, 6) is 4.80. The zero-order chi connectivity index (χ0) is 5.70. The van der Waals surface area contributed by atoms with Crippen molar-refractivity contribution in [3.05, 3.63) is 5.21 Å². The Morgan fingerprint density at radius 3 is 2.71 bits per heavy atom. The zero-order valence-electron chi connectivity index (χ0n) is 3.47. The number of halogens is 1. The third-order valence-corrected chi connectivity index (χ3v) is 1.60. The summed E-state index contributed by atoms with van der Waals surface area (Å²) in [6.07, 6.45) is 0. The number of nitrogens with two attached hydrogens (primary N) is 1. The number of hydrazine groups is 1. The van der Waals surface area contributed by atoms with Crippen molar-refractivity contribution >= 4 is 0 Å². The van der Waals surface area contributed by atoms with Crippen LogP contribution in [0.4, 0.5) is 0 Å². The van der Waals surface area contributed by atoms with Crippen LogP contribution in [0.15, 0.2) is 0 Å². The average molecular weight is 219 g/mol. The van der Waals surface area contributed by atoms with E-state index in [1.807, 2.05) is 0 Å². The van der Waals surface area contributed by atoms with Crippen molar-refractivity contribution < 1.29 is 26.7 Å². The molecule has 7 heavy (non-hydrogen) atoms. The van der Waals surface area contributed by atoms with Gasteiger partial charge in [-0.05, 0) is 0 Å². The Labute approximate surface area is 51.6 Å². The minimum atomic E-state index is -0.521. The number of nitrogens with zero attached hydrogens (tertiary/aromatic N) is 1. The van der Waals surface area contributed by atoms with Crippen LogP contribution in [0.1, 0.15) is 0 Å². The van der Waals surface area contributed by atoms with E-state index in [2.05, 4.69) is 3.64 Å². The van der Waals surface area contributed by atoms with Crippen molar-refractivity contribution in [1.82, 2.24) is 8.87 Å². The molecule has 0 fully saturated rings. The Morgan fingerprint density at radius 1 is 2.00 bits per heavy atom. The van der Waals surface area contributed by atoms with E-state index in [4.69, 9.17) is 11.0 Å². The van der Waals surface area contributed by atoms with Crippen LogP contribution in [-0.4, -0.2) is 15.0 Å². The first-order chi connectivity index (χ1) is 3.27. The number of rotatable bonds is 3. The van der Waals surface area contributed by atoms with Crippen LogP contribution in [0.3, 0.4) is 0 Å². The average Bonchev–Trinajstić information content (AvgIpc) is 1.61. The molecule has 4 N–H and O–H groups in total. The summed E-state index contributed by atoms with van der Waals surface area (Å²) in [5.41, 5.74) is 0. The molecule has 0 radical (unpaired) electrons. The van der Waals surface area contributed by atoms with Gasteiger partial charge in [-0.3, -0.25) is 0 Å². The number of hydrogen-bond acceptors (Lipinski definition) is 5. The molecule has 0 saturated heterocycles. The molecule has 0 aliphatic rings. The molecule has 0 bridgehead atoms. The molecule has 0 unspecified atom stereocenters. The molecule has 0 atom stereocenters. The van der Waals surface area contributed by atoms with Gasteiger partial charge < -0.3 is 0 Å². The molecule has 0 aromatic rings. The fraction of sp³-hybridized carbons (Fsp3) is 1.00. The molecular weight excluding hydrogens is 213 g/mol. The van der Waals surface area contributed by atoms with Crippen LogP contribution in [0.2, 0.25) is 0 Å². The Kier molecular flexibility index (Phi) is 5.04. The van der Waals surface area contributed by atoms with Crippen LogP contribution < -0.4 is 31.0 Å². The zero-order valence-corrected chi connectivity index (χ0v) is 5.62. The second-order valence-electron chi connectivity index (χ2n) is 0.714. The monoisotopic (exact) mass is 219 g/mol. The Hall–Kier alpha value is 0.530. The van der Waals surface area contributed by atoms with Gasteiger partial charge >= 0.3 is 51.2 Å². The maximum absolute atomic E-state index is 9.61. The van der Waals surface area contributed by atoms with Crippen molar-refractivity contribution in [2.24, 2.45) is 5.84 Å². The first-order valence-electron chi connectivity index (χ1n) is 1.44. The Morgan fingerprint density at radius 2 is 2.57 bits per heavy atom. The van der Waals surface area contributed by atoms with Gasteiger partial charge in [0.2, 0.25) is 0 Å². The molecule has 0 saturated carbocycles. The second kappa shape index (κ2) is 4.68. The van der Waals surface area contributed by atoms with E-state index in [1.165, 1.54) is 0 Å². The fourth-order valence-corrected chi connectivity index (χ4v) is 0.574. The van der Waals surface area contributed by atoms with Crippen molar-refractivity contribution in [1.29, 1.82) is 0 Å². The van der Waals surface area contributed by atoms with Gasteiger partial charge in [0.1, 0.15) is 0 Å². The van der Waals surface area contributed by atoms with Crippen molar-refractivity contribution in [3.63, 3.8) is 0 Å². The van der Waals surface area contributed by atoms with E-state index >= 15 is 0 Å². The predicted molar refractivity (Wildman–Crippen MR) is 19.2 cm³/mol. The molecule has 46 valence electrons. The van der Waals surface area contributed by atoms with Crippen LogP contribution >= 0.6 is 0 Å². The van der Waals surface area contributed by atoms with Gasteiger partial charge in [-0.2, -0.15) is 0 Å². The Balaban J connectivity index is 2.68. The van der Waals surface area contributed by atoms with Crippen LogP contribution in [0, 0.1) is 5.21 Å². The van der Waals surface area contributed by atoms with Crippen molar-refractivity contribution in [2.75, 3.05) is 4.55 Å². The van der Waals surface area contributed by atoms with Crippen LogP contribution in [-0.2, 0) is 0 Å². The minimum absolute atomic E-state index is 0.107. The third-order valence-electron chi connectivity index (χ3n) is 0.239. The molecule has 0 rings (SSSR count). The molecule has 6 heteroatoms. The topological polar surface area (TPSA) is 84.6 Å². The summed E-state index contributed by atoms with van der Waals surface area (Å²) in [5, 5.41) is 17.4. The Bertz CT molecular complexity index is 41.9. The molecule has 0 spiro atoms. The second-order valence-corrected chi connectivity index (χ2v) is 2.78.